The first-order chi connectivity index (χ1) is 4.77. The maximum atomic E-state index is 2.35. The fraction of sp³-hybridized carbons (Fsp3) is 0.778. The highest BCUT2D eigenvalue weighted by atomic mass is 35.5. The fourth-order valence-corrected chi connectivity index (χ4v) is 1.57. The predicted octanol–water partition coefficient (Wildman–Crippen LogP) is -0.845. The van der Waals surface area contributed by atoms with Crippen molar-refractivity contribution in [3.63, 3.8) is 0 Å². The molecule has 1 nitrogen and oxygen atoms in total. The average Bonchev–Trinajstić information content (AvgIpc) is 2.33. The van der Waals surface area contributed by atoms with Gasteiger partial charge in [-0.15, -0.1) is 0 Å². The Morgan fingerprint density at radius 1 is 1.27 bits per heavy atom. The molecule has 0 aromatic carbocycles. The second kappa shape index (κ2) is 4.78. The lowest BCUT2D eigenvalue weighted by atomic mass is 10.4. The highest BCUT2D eigenvalue weighted by Crippen LogP contribution is 2.16. The highest BCUT2D eigenvalue weighted by Gasteiger charge is 2.23. The third-order valence-electron chi connectivity index (χ3n) is 2.29. The Morgan fingerprint density at radius 3 is 2.27 bits per heavy atom. The molecule has 0 bridgehead atoms. The van der Waals surface area contributed by atoms with Gasteiger partial charge in [-0.3, -0.25) is 4.48 Å². The van der Waals surface area contributed by atoms with E-state index in [4.69, 9.17) is 0 Å². The van der Waals surface area contributed by atoms with Crippen LogP contribution >= 0.6 is 0 Å². The van der Waals surface area contributed by atoms with Gasteiger partial charge in [0.1, 0.15) is 0 Å². The second-order valence-corrected chi connectivity index (χ2v) is 3.43. The van der Waals surface area contributed by atoms with Crippen LogP contribution in [-0.2, 0) is 0 Å². The summed E-state index contributed by atoms with van der Waals surface area (Å²) in [7, 11) is 2.32. The molecule has 0 spiro atoms. The molecule has 1 aliphatic heterocycles. The standard InChI is InChI=1S/C9H18N.ClH/c1-3-4-7-10(2)8-5-6-9-10;/h4,7H,3,5-6,8-9H2,1-2H3;1H/q+1;/p-1. The maximum Gasteiger partial charge on any atom is 0.0915 e. The van der Waals surface area contributed by atoms with E-state index in [1.54, 1.807) is 0 Å². The SMILES string of the molecule is CCC=C[N+]1(C)CCCC1.[Cl-]. The van der Waals surface area contributed by atoms with E-state index >= 15 is 0 Å². The van der Waals surface area contributed by atoms with Crippen LogP contribution in [0.1, 0.15) is 26.2 Å². The van der Waals surface area contributed by atoms with Crippen LogP contribution in [0.4, 0.5) is 0 Å². The predicted molar refractivity (Wildman–Crippen MR) is 44.6 cm³/mol. The minimum Gasteiger partial charge on any atom is -1.00 e. The Labute approximate surface area is 76.1 Å². The molecule has 1 heterocycles. The number of hydrogen-bond donors (Lipinski definition) is 0. The maximum absolute atomic E-state index is 2.35. The average molecular weight is 176 g/mol. The zero-order valence-corrected chi connectivity index (χ0v) is 8.27. The zero-order chi connectivity index (χ0) is 7.45. The van der Waals surface area contributed by atoms with Gasteiger partial charge in [-0.25, -0.2) is 0 Å². The van der Waals surface area contributed by atoms with Crippen molar-refractivity contribution in [1.82, 2.24) is 0 Å². The van der Waals surface area contributed by atoms with Crippen LogP contribution in [0.25, 0.3) is 0 Å². The molecule has 0 atom stereocenters. The van der Waals surface area contributed by atoms with Gasteiger partial charge in [-0.1, -0.05) is 6.92 Å². The summed E-state index contributed by atoms with van der Waals surface area (Å²) in [5, 5.41) is 0. The van der Waals surface area contributed by atoms with Gasteiger partial charge in [0.05, 0.1) is 26.3 Å². The van der Waals surface area contributed by atoms with Crippen LogP contribution in [0.3, 0.4) is 0 Å². The van der Waals surface area contributed by atoms with Gasteiger partial charge < -0.3 is 12.4 Å². The van der Waals surface area contributed by atoms with Crippen molar-refractivity contribution in [2.75, 3.05) is 20.1 Å². The molecule has 2 heteroatoms. The van der Waals surface area contributed by atoms with Gasteiger partial charge in [-0.2, -0.15) is 0 Å². The lowest BCUT2D eigenvalue weighted by Gasteiger charge is -2.23. The van der Waals surface area contributed by atoms with Crippen molar-refractivity contribution in [2.45, 2.75) is 26.2 Å². The van der Waals surface area contributed by atoms with Crippen LogP contribution < -0.4 is 12.4 Å². The summed E-state index contributed by atoms with van der Waals surface area (Å²) in [6.45, 7) is 4.88. The van der Waals surface area contributed by atoms with E-state index < -0.39 is 0 Å². The molecule has 0 aromatic heterocycles. The van der Waals surface area contributed by atoms with Gasteiger partial charge in [0.15, 0.2) is 0 Å². The van der Waals surface area contributed by atoms with Gasteiger partial charge in [0.25, 0.3) is 0 Å². The summed E-state index contributed by atoms with van der Waals surface area (Å²) in [4.78, 5) is 0. The molecule has 11 heavy (non-hydrogen) atoms. The number of quaternary nitrogens is 1. The van der Waals surface area contributed by atoms with Crippen LogP contribution in [-0.4, -0.2) is 24.6 Å². The zero-order valence-electron chi connectivity index (χ0n) is 7.52. The van der Waals surface area contributed by atoms with Gasteiger partial charge in [0, 0.05) is 12.8 Å². The van der Waals surface area contributed by atoms with E-state index in [2.05, 4.69) is 26.2 Å². The van der Waals surface area contributed by atoms with Crippen molar-refractivity contribution in [3.8, 4) is 0 Å². The molecule has 66 valence electrons. The molecule has 0 radical (unpaired) electrons. The Morgan fingerprint density at radius 2 is 1.82 bits per heavy atom. The van der Waals surface area contributed by atoms with Crippen molar-refractivity contribution in [3.05, 3.63) is 12.3 Å². The minimum absolute atomic E-state index is 0. The number of hydrogen-bond acceptors (Lipinski definition) is 0. The molecule has 1 rings (SSSR count). The number of likely N-dealkylation sites (tertiary alicyclic amines) is 1. The van der Waals surface area contributed by atoms with Crippen LogP contribution in [0.15, 0.2) is 12.3 Å². The van der Waals surface area contributed by atoms with E-state index in [-0.39, 0.29) is 12.4 Å². The van der Waals surface area contributed by atoms with E-state index in [9.17, 15) is 0 Å². The second-order valence-electron chi connectivity index (χ2n) is 3.43. The molecule has 1 aliphatic rings. The van der Waals surface area contributed by atoms with Crippen LogP contribution in [0, 0.1) is 0 Å². The Kier molecular flexibility index (Phi) is 4.78. The smallest absolute Gasteiger partial charge is 0.0915 e. The molecule has 1 fully saturated rings. The van der Waals surface area contributed by atoms with E-state index in [0.29, 0.717) is 0 Å². The first-order valence-corrected chi connectivity index (χ1v) is 4.29. The molecule has 0 amide bonds. The molecule has 0 aromatic rings. The summed E-state index contributed by atoms with van der Waals surface area (Å²) in [5.74, 6) is 0. The largest absolute Gasteiger partial charge is 1.00 e. The van der Waals surface area contributed by atoms with Crippen molar-refractivity contribution in [1.29, 1.82) is 0 Å². The summed E-state index contributed by atoms with van der Waals surface area (Å²) >= 11 is 0. The number of halogens is 1. The Bertz CT molecular complexity index is 126. The molecular weight excluding hydrogens is 158 g/mol. The number of allylic oxidation sites excluding steroid dienone is 1. The topological polar surface area (TPSA) is 0 Å². The normalized spacial score (nSPS) is 22.0. The highest BCUT2D eigenvalue weighted by molar-refractivity contribution is 4.73. The fourth-order valence-electron chi connectivity index (χ4n) is 1.57. The van der Waals surface area contributed by atoms with E-state index in [0.717, 1.165) is 0 Å². The summed E-state index contributed by atoms with van der Waals surface area (Å²) in [6, 6.07) is 0. The minimum atomic E-state index is 0. The van der Waals surface area contributed by atoms with E-state index in [1.807, 2.05) is 0 Å². The first-order valence-electron chi connectivity index (χ1n) is 4.29. The Hall–Kier alpha value is -0.0100. The quantitative estimate of drug-likeness (QED) is 0.480. The monoisotopic (exact) mass is 175 g/mol. The van der Waals surface area contributed by atoms with Gasteiger partial charge in [-0.05, 0) is 12.5 Å². The molecule has 0 N–H and O–H groups in total. The lowest BCUT2D eigenvalue weighted by molar-refractivity contribution is -0.846. The Balaban J connectivity index is 0.000001000. The summed E-state index contributed by atoms with van der Waals surface area (Å²) in [6.07, 6.45) is 8.63. The molecule has 0 aliphatic carbocycles. The molecule has 0 saturated carbocycles. The van der Waals surface area contributed by atoms with Crippen molar-refractivity contribution < 1.29 is 16.9 Å². The molecule has 0 unspecified atom stereocenters. The number of rotatable bonds is 2. The third kappa shape index (κ3) is 3.26. The molecular formula is C9H18ClN. The van der Waals surface area contributed by atoms with E-state index in [1.165, 1.54) is 36.8 Å². The van der Waals surface area contributed by atoms with Crippen LogP contribution in [0.2, 0.25) is 0 Å². The van der Waals surface area contributed by atoms with Crippen molar-refractivity contribution >= 4 is 0 Å². The lowest BCUT2D eigenvalue weighted by Crippen LogP contribution is -3.00. The first kappa shape index (κ1) is 11.0. The van der Waals surface area contributed by atoms with Crippen LogP contribution in [0.5, 0.6) is 0 Å². The molecule has 1 saturated heterocycles. The summed E-state index contributed by atoms with van der Waals surface area (Å²) < 4.78 is 1.17. The van der Waals surface area contributed by atoms with Gasteiger partial charge >= 0.3 is 0 Å². The third-order valence-corrected chi connectivity index (χ3v) is 2.29. The summed E-state index contributed by atoms with van der Waals surface area (Å²) in [5.41, 5.74) is 0. The van der Waals surface area contributed by atoms with Crippen molar-refractivity contribution in [2.24, 2.45) is 0 Å². The number of nitrogens with zero attached hydrogens (tertiary/aromatic N) is 1. The van der Waals surface area contributed by atoms with Gasteiger partial charge in [0.2, 0.25) is 0 Å².